The fourth-order valence-electron chi connectivity index (χ4n) is 6.78. The summed E-state index contributed by atoms with van der Waals surface area (Å²) in [6.07, 6.45) is 77.8. The van der Waals surface area contributed by atoms with Crippen LogP contribution >= 0.6 is 7.82 Å². The first-order chi connectivity index (χ1) is 34.0. The van der Waals surface area contributed by atoms with Gasteiger partial charge in [-0.05, 0) is 109 Å². The maximum atomic E-state index is 12.9. The number of aliphatic hydroxyl groups is 1. The number of nitrogens with zero attached hydrogens (tertiary/aromatic N) is 1. The molecule has 396 valence electrons. The van der Waals surface area contributed by atoms with Crippen LogP contribution in [0.15, 0.2) is 146 Å². The Hall–Kier alpha value is -3.62. The minimum absolute atomic E-state index is 0.0202. The van der Waals surface area contributed by atoms with Crippen LogP contribution < -0.4 is 10.2 Å². The number of phosphoric ester groups is 1. The molecule has 3 atom stereocenters. The van der Waals surface area contributed by atoms with Crippen LogP contribution in [0.1, 0.15) is 181 Å². The SMILES string of the molecule is CC/C=C\C/C=C\C/C=C\C/C=C\C/C=C\C/C=C\C/C=C\C/C=C\C/C=C\C/C=C\CCCCCCC(=O)NC(COP(=O)([O-])OCC[N+](C)(C)C)C(O)/C=C/CC/C=C/CCCCCCCCC. The van der Waals surface area contributed by atoms with Gasteiger partial charge in [-0.3, -0.25) is 9.36 Å². The summed E-state index contributed by atoms with van der Waals surface area (Å²) in [5.74, 6) is -0.240. The average Bonchev–Trinajstić information content (AvgIpc) is 3.32. The van der Waals surface area contributed by atoms with Crippen molar-refractivity contribution in [3.8, 4) is 0 Å². The molecular formula is C61H101N2O6P. The Morgan fingerprint density at radius 3 is 1.33 bits per heavy atom. The molecule has 9 heteroatoms. The molecule has 0 aromatic heterocycles. The van der Waals surface area contributed by atoms with Gasteiger partial charge in [0.25, 0.3) is 7.82 Å². The zero-order chi connectivity index (χ0) is 51.3. The molecular weight excluding hydrogens is 888 g/mol. The molecule has 0 heterocycles. The van der Waals surface area contributed by atoms with Gasteiger partial charge in [0.05, 0.1) is 39.9 Å². The first-order valence-electron chi connectivity index (χ1n) is 27.2. The number of likely N-dealkylation sites (N-methyl/N-ethyl adjacent to an activating group) is 1. The van der Waals surface area contributed by atoms with Crippen LogP contribution in [0.2, 0.25) is 0 Å². The molecule has 0 fully saturated rings. The van der Waals surface area contributed by atoms with Crippen molar-refractivity contribution in [1.29, 1.82) is 0 Å². The second-order valence-electron chi connectivity index (χ2n) is 18.8. The van der Waals surface area contributed by atoms with Gasteiger partial charge in [0.2, 0.25) is 5.91 Å². The Morgan fingerprint density at radius 2 is 0.886 bits per heavy atom. The lowest BCUT2D eigenvalue weighted by Crippen LogP contribution is -2.45. The van der Waals surface area contributed by atoms with Crippen molar-refractivity contribution in [2.24, 2.45) is 0 Å². The van der Waals surface area contributed by atoms with Crippen LogP contribution in [0.5, 0.6) is 0 Å². The molecule has 0 rings (SSSR count). The molecule has 0 saturated heterocycles. The summed E-state index contributed by atoms with van der Waals surface area (Å²) in [6, 6.07) is -0.927. The van der Waals surface area contributed by atoms with Crippen molar-refractivity contribution in [2.45, 2.75) is 193 Å². The van der Waals surface area contributed by atoms with E-state index in [1.807, 2.05) is 27.2 Å². The summed E-state index contributed by atoms with van der Waals surface area (Å²) in [7, 11) is 1.20. The highest BCUT2D eigenvalue weighted by Crippen LogP contribution is 2.38. The number of allylic oxidation sites excluding steroid dienone is 23. The van der Waals surface area contributed by atoms with Gasteiger partial charge in [0.1, 0.15) is 13.2 Å². The Kier molecular flexibility index (Phi) is 47.7. The first-order valence-corrected chi connectivity index (χ1v) is 28.7. The van der Waals surface area contributed by atoms with Crippen molar-refractivity contribution in [1.82, 2.24) is 5.32 Å². The summed E-state index contributed by atoms with van der Waals surface area (Å²) >= 11 is 0. The minimum atomic E-state index is -4.62. The molecule has 70 heavy (non-hydrogen) atoms. The predicted octanol–water partition coefficient (Wildman–Crippen LogP) is 15.9. The summed E-state index contributed by atoms with van der Waals surface area (Å²) in [6.45, 7) is 4.45. The summed E-state index contributed by atoms with van der Waals surface area (Å²) in [4.78, 5) is 25.4. The van der Waals surface area contributed by atoms with E-state index in [0.717, 1.165) is 109 Å². The van der Waals surface area contributed by atoms with Crippen molar-refractivity contribution in [3.63, 3.8) is 0 Å². The molecule has 0 bridgehead atoms. The third kappa shape index (κ3) is 52.2. The van der Waals surface area contributed by atoms with Gasteiger partial charge in [-0.25, -0.2) is 0 Å². The zero-order valence-electron chi connectivity index (χ0n) is 44.9. The van der Waals surface area contributed by atoms with Gasteiger partial charge in [0, 0.05) is 6.42 Å². The van der Waals surface area contributed by atoms with Gasteiger partial charge < -0.3 is 28.8 Å². The molecule has 0 aromatic carbocycles. The van der Waals surface area contributed by atoms with Crippen LogP contribution in [0.3, 0.4) is 0 Å². The van der Waals surface area contributed by atoms with E-state index in [2.05, 4.69) is 153 Å². The van der Waals surface area contributed by atoms with E-state index in [4.69, 9.17) is 9.05 Å². The molecule has 0 aliphatic rings. The number of quaternary nitrogens is 1. The van der Waals surface area contributed by atoms with Crippen molar-refractivity contribution in [3.05, 3.63) is 146 Å². The van der Waals surface area contributed by atoms with Crippen LogP contribution in [-0.2, 0) is 18.4 Å². The minimum Gasteiger partial charge on any atom is -0.756 e. The van der Waals surface area contributed by atoms with Crippen LogP contribution in [0.25, 0.3) is 0 Å². The highest BCUT2D eigenvalue weighted by atomic mass is 31.2. The van der Waals surface area contributed by atoms with Crippen molar-refractivity contribution in [2.75, 3.05) is 40.9 Å². The van der Waals surface area contributed by atoms with E-state index < -0.39 is 26.6 Å². The van der Waals surface area contributed by atoms with Gasteiger partial charge in [-0.2, -0.15) is 0 Å². The van der Waals surface area contributed by atoms with Gasteiger partial charge in [-0.15, -0.1) is 0 Å². The lowest BCUT2D eigenvalue weighted by Gasteiger charge is -2.29. The van der Waals surface area contributed by atoms with E-state index in [9.17, 15) is 19.4 Å². The Morgan fingerprint density at radius 1 is 0.514 bits per heavy atom. The Balaban J connectivity index is 4.29. The summed E-state index contributed by atoms with van der Waals surface area (Å²) < 4.78 is 23.2. The van der Waals surface area contributed by atoms with Crippen molar-refractivity contribution < 1.29 is 32.9 Å². The third-order valence-electron chi connectivity index (χ3n) is 11.0. The number of hydrogen-bond donors (Lipinski definition) is 2. The quantitative estimate of drug-likeness (QED) is 0.0272. The molecule has 0 radical (unpaired) electrons. The lowest BCUT2D eigenvalue weighted by molar-refractivity contribution is -0.870. The van der Waals surface area contributed by atoms with Gasteiger partial charge in [-0.1, -0.05) is 211 Å². The summed E-state index contributed by atoms with van der Waals surface area (Å²) in [5, 5.41) is 13.8. The Labute approximate surface area is 429 Å². The second kappa shape index (κ2) is 50.3. The van der Waals surface area contributed by atoms with E-state index in [1.165, 1.54) is 44.9 Å². The van der Waals surface area contributed by atoms with Crippen molar-refractivity contribution >= 4 is 13.7 Å². The predicted molar refractivity (Wildman–Crippen MR) is 301 cm³/mol. The van der Waals surface area contributed by atoms with Crippen LogP contribution in [0, 0.1) is 0 Å². The van der Waals surface area contributed by atoms with E-state index in [0.29, 0.717) is 23.9 Å². The fourth-order valence-corrected chi connectivity index (χ4v) is 7.51. The monoisotopic (exact) mass is 989 g/mol. The van der Waals surface area contributed by atoms with Crippen LogP contribution in [-0.4, -0.2) is 68.5 Å². The summed E-state index contributed by atoms with van der Waals surface area (Å²) in [5.41, 5.74) is 0. The number of amides is 1. The molecule has 0 saturated carbocycles. The van der Waals surface area contributed by atoms with E-state index in [1.54, 1.807) is 6.08 Å². The number of nitrogens with one attached hydrogen (secondary N) is 1. The molecule has 2 N–H and O–H groups in total. The number of unbranched alkanes of at least 4 members (excludes halogenated alkanes) is 12. The van der Waals surface area contributed by atoms with E-state index in [-0.39, 0.29) is 12.5 Å². The van der Waals surface area contributed by atoms with Gasteiger partial charge >= 0.3 is 0 Å². The number of carbonyl (C=O) groups excluding carboxylic acids is 1. The normalized spacial score (nSPS) is 15.1. The number of phosphoric acid groups is 1. The molecule has 0 aromatic rings. The highest BCUT2D eigenvalue weighted by Gasteiger charge is 2.23. The standard InChI is InChI=1S/C61H101N2O6P/c1-6-8-10-12-14-16-18-20-21-22-23-24-25-26-27-28-29-30-31-32-33-34-35-36-37-38-39-40-41-43-45-47-49-51-53-55-61(65)62-59(58-69-70(66,67)68-57-56-63(3,4)5)60(64)54-52-50-48-46-44-42-19-17-15-13-11-9-7-2/h8,10,14,16,20-21,23-24,26-27,29-30,32-33,35-36,38-39,41,43-44,46,52,54,59-60,64H,6-7,9,11-13,15,17-19,22,25,28,31,34,37,40,42,45,47-51,53,55-58H2,1-5H3,(H-,62,65,66,67)/b10-8-,16-14-,21-20-,24-23-,27-26-,30-29-,33-32-,36-35-,39-38-,43-41-,46-44+,54-52+. The molecule has 0 aliphatic carbocycles. The number of hydrogen-bond acceptors (Lipinski definition) is 6. The first kappa shape index (κ1) is 66.4. The number of carbonyl (C=O) groups is 1. The lowest BCUT2D eigenvalue weighted by atomic mass is 10.1. The van der Waals surface area contributed by atoms with Crippen LogP contribution in [0.4, 0.5) is 0 Å². The topological polar surface area (TPSA) is 108 Å². The number of aliphatic hydroxyl groups excluding tert-OH is 1. The third-order valence-corrected chi connectivity index (χ3v) is 12.0. The number of rotatable bonds is 47. The maximum Gasteiger partial charge on any atom is 0.268 e. The largest absolute Gasteiger partial charge is 0.756 e. The molecule has 3 unspecified atom stereocenters. The smallest absolute Gasteiger partial charge is 0.268 e. The fraction of sp³-hybridized carbons (Fsp3) is 0.590. The zero-order valence-corrected chi connectivity index (χ0v) is 45.8. The molecule has 1 amide bonds. The highest BCUT2D eigenvalue weighted by molar-refractivity contribution is 7.45. The Bertz CT molecular complexity index is 1640. The van der Waals surface area contributed by atoms with Gasteiger partial charge in [0.15, 0.2) is 0 Å². The molecule has 8 nitrogen and oxygen atoms in total. The average molecular weight is 989 g/mol. The second-order valence-corrected chi connectivity index (χ2v) is 20.2. The maximum absolute atomic E-state index is 12.9. The van der Waals surface area contributed by atoms with E-state index >= 15 is 0 Å². The molecule has 0 spiro atoms. The molecule has 0 aliphatic heterocycles.